The molecule has 0 aromatic carbocycles. The molecule has 0 saturated heterocycles. The van der Waals surface area contributed by atoms with Gasteiger partial charge in [0.15, 0.2) is 11.6 Å². The maximum Gasteiger partial charge on any atom is 0.250 e. The number of pyridine rings is 1. The largest absolute Gasteiger partial charge is 0.396 e. The van der Waals surface area contributed by atoms with Gasteiger partial charge in [-0.3, -0.25) is 0 Å². The van der Waals surface area contributed by atoms with Crippen molar-refractivity contribution in [1.29, 1.82) is 0 Å². The van der Waals surface area contributed by atoms with Gasteiger partial charge in [-0.25, -0.2) is 13.8 Å². The number of thioether (sulfide) groups is 1. The normalized spacial score (nSPS) is 10.5. The van der Waals surface area contributed by atoms with E-state index in [1.54, 1.807) is 0 Å². The highest BCUT2D eigenvalue weighted by molar-refractivity contribution is 7.99. The zero-order valence-corrected chi connectivity index (χ0v) is 7.24. The first kappa shape index (κ1) is 10.3. The highest BCUT2D eigenvalue weighted by Crippen LogP contribution is 2.20. The van der Waals surface area contributed by atoms with Crippen LogP contribution in [-0.2, 0) is 0 Å². The molecule has 0 saturated carbocycles. The van der Waals surface area contributed by atoms with Crippen LogP contribution in [-0.4, -0.2) is 22.5 Å². The maximum atomic E-state index is 12.8. The summed E-state index contributed by atoms with van der Waals surface area (Å²) in [5.74, 6) is -3.38. The van der Waals surface area contributed by atoms with Crippen molar-refractivity contribution in [2.75, 3.05) is 12.4 Å². The van der Waals surface area contributed by atoms with Crippen molar-refractivity contribution in [3.8, 4) is 0 Å². The molecule has 2 nitrogen and oxygen atoms in total. The van der Waals surface area contributed by atoms with Crippen LogP contribution in [0.5, 0.6) is 0 Å². The molecule has 0 bridgehead atoms. The Balaban J connectivity index is 2.88. The summed E-state index contributed by atoms with van der Waals surface area (Å²) >= 11 is 0.827. The highest BCUT2D eigenvalue weighted by Gasteiger charge is 2.11. The van der Waals surface area contributed by atoms with Gasteiger partial charge in [-0.05, 0) is 0 Å². The Hall–Kier alpha value is -0.750. The zero-order chi connectivity index (χ0) is 9.84. The lowest BCUT2D eigenvalue weighted by molar-refractivity contribution is 0.322. The number of halogens is 3. The Kier molecular flexibility index (Phi) is 3.56. The Labute approximate surface area is 76.8 Å². The number of aliphatic hydroxyl groups excluding tert-OH is 1. The van der Waals surface area contributed by atoms with Crippen LogP contribution in [0.1, 0.15) is 0 Å². The first-order valence-electron chi connectivity index (χ1n) is 3.40. The molecule has 1 rings (SSSR count). The SMILES string of the molecule is OCCSc1nc(F)c(F)cc1F. The van der Waals surface area contributed by atoms with E-state index in [-0.39, 0.29) is 17.4 Å². The molecule has 0 atom stereocenters. The predicted molar refractivity (Wildman–Crippen MR) is 41.9 cm³/mol. The summed E-state index contributed by atoms with van der Waals surface area (Å²) in [7, 11) is 0. The van der Waals surface area contributed by atoms with Gasteiger partial charge in [0.2, 0.25) is 5.95 Å². The third-order valence-corrected chi connectivity index (χ3v) is 2.13. The molecule has 72 valence electrons. The van der Waals surface area contributed by atoms with E-state index in [9.17, 15) is 13.2 Å². The lowest BCUT2D eigenvalue weighted by Crippen LogP contribution is -1.97. The molecule has 0 unspecified atom stereocenters. The van der Waals surface area contributed by atoms with Gasteiger partial charge in [0.1, 0.15) is 5.03 Å². The van der Waals surface area contributed by atoms with Gasteiger partial charge < -0.3 is 5.11 Å². The van der Waals surface area contributed by atoms with Gasteiger partial charge in [0, 0.05) is 11.8 Å². The van der Waals surface area contributed by atoms with E-state index in [0.29, 0.717) is 6.07 Å². The minimum absolute atomic E-state index is 0.176. The fourth-order valence-corrected chi connectivity index (χ4v) is 1.30. The van der Waals surface area contributed by atoms with Crippen molar-refractivity contribution >= 4 is 11.8 Å². The molecule has 1 N–H and O–H groups in total. The lowest BCUT2D eigenvalue weighted by Gasteiger charge is -2.00. The van der Waals surface area contributed by atoms with E-state index in [1.807, 2.05) is 0 Å². The number of aliphatic hydroxyl groups is 1. The Bertz CT molecular complexity index is 308. The molecule has 0 fully saturated rings. The molecular formula is C7H6F3NOS. The van der Waals surface area contributed by atoms with Crippen molar-refractivity contribution in [3.05, 3.63) is 23.6 Å². The molecular weight excluding hydrogens is 203 g/mol. The minimum atomic E-state index is -1.33. The second-order valence-electron chi connectivity index (χ2n) is 2.12. The van der Waals surface area contributed by atoms with Crippen molar-refractivity contribution in [2.24, 2.45) is 0 Å². The number of aromatic nitrogens is 1. The lowest BCUT2D eigenvalue weighted by atomic mass is 10.4. The smallest absolute Gasteiger partial charge is 0.250 e. The average Bonchev–Trinajstić information content (AvgIpc) is 2.09. The van der Waals surface area contributed by atoms with E-state index in [0.717, 1.165) is 11.8 Å². The summed E-state index contributed by atoms with van der Waals surface area (Å²) in [6.45, 7) is -0.176. The first-order chi connectivity index (χ1) is 6.15. The van der Waals surface area contributed by atoms with Crippen LogP contribution in [0, 0.1) is 17.6 Å². The van der Waals surface area contributed by atoms with E-state index in [4.69, 9.17) is 5.11 Å². The molecule has 1 heterocycles. The number of hydrogen-bond donors (Lipinski definition) is 1. The van der Waals surface area contributed by atoms with Crippen LogP contribution in [0.15, 0.2) is 11.1 Å². The molecule has 6 heteroatoms. The van der Waals surface area contributed by atoms with Crippen LogP contribution >= 0.6 is 11.8 Å². The molecule has 1 aromatic rings. The maximum absolute atomic E-state index is 12.8. The van der Waals surface area contributed by atoms with Crippen molar-refractivity contribution in [2.45, 2.75) is 5.03 Å². The second-order valence-corrected chi connectivity index (χ2v) is 3.20. The Morgan fingerprint density at radius 2 is 2.00 bits per heavy atom. The fraction of sp³-hybridized carbons (Fsp3) is 0.286. The van der Waals surface area contributed by atoms with E-state index >= 15 is 0 Å². The summed E-state index contributed by atoms with van der Waals surface area (Å²) in [6.07, 6.45) is 0. The van der Waals surface area contributed by atoms with Crippen LogP contribution in [0.4, 0.5) is 13.2 Å². The zero-order valence-electron chi connectivity index (χ0n) is 6.43. The van der Waals surface area contributed by atoms with Crippen LogP contribution < -0.4 is 0 Å². The van der Waals surface area contributed by atoms with Gasteiger partial charge in [0.05, 0.1) is 6.61 Å². The van der Waals surface area contributed by atoms with E-state index < -0.39 is 17.6 Å². The average molecular weight is 209 g/mol. The van der Waals surface area contributed by atoms with Gasteiger partial charge in [-0.2, -0.15) is 4.39 Å². The van der Waals surface area contributed by atoms with Crippen LogP contribution in [0.3, 0.4) is 0 Å². The fourth-order valence-electron chi connectivity index (χ4n) is 0.672. The quantitative estimate of drug-likeness (QED) is 0.606. The summed E-state index contributed by atoms with van der Waals surface area (Å²) in [5, 5.41) is 8.16. The number of rotatable bonds is 3. The second kappa shape index (κ2) is 4.48. The predicted octanol–water partition coefficient (Wildman–Crippen LogP) is 1.58. The molecule has 1 aromatic heterocycles. The molecule has 0 aliphatic heterocycles. The topological polar surface area (TPSA) is 33.1 Å². The Morgan fingerprint density at radius 1 is 1.31 bits per heavy atom. The van der Waals surface area contributed by atoms with Crippen molar-refractivity contribution < 1.29 is 18.3 Å². The van der Waals surface area contributed by atoms with Gasteiger partial charge in [0.25, 0.3) is 0 Å². The van der Waals surface area contributed by atoms with E-state index in [2.05, 4.69) is 4.98 Å². The van der Waals surface area contributed by atoms with Gasteiger partial charge >= 0.3 is 0 Å². The first-order valence-corrected chi connectivity index (χ1v) is 4.39. The number of hydrogen-bond acceptors (Lipinski definition) is 3. The van der Waals surface area contributed by atoms with Gasteiger partial charge in [-0.1, -0.05) is 0 Å². The van der Waals surface area contributed by atoms with Crippen molar-refractivity contribution in [1.82, 2.24) is 4.98 Å². The standard InChI is InChI=1S/C7H6F3NOS/c8-4-3-5(9)7(11-6(4)10)13-2-1-12/h3,12H,1-2H2. The Morgan fingerprint density at radius 3 is 2.62 bits per heavy atom. The molecule has 0 spiro atoms. The van der Waals surface area contributed by atoms with Crippen LogP contribution in [0.2, 0.25) is 0 Å². The summed E-state index contributed by atoms with van der Waals surface area (Å²) in [6, 6.07) is 0.433. The monoisotopic (exact) mass is 209 g/mol. The minimum Gasteiger partial charge on any atom is -0.396 e. The molecule has 13 heavy (non-hydrogen) atoms. The molecule has 0 aliphatic carbocycles. The van der Waals surface area contributed by atoms with Gasteiger partial charge in [-0.15, -0.1) is 11.8 Å². The molecule has 0 aliphatic rings. The van der Waals surface area contributed by atoms with E-state index in [1.165, 1.54) is 0 Å². The third-order valence-electron chi connectivity index (χ3n) is 1.18. The third kappa shape index (κ3) is 2.60. The van der Waals surface area contributed by atoms with Crippen molar-refractivity contribution in [3.63, 3.8) is 0 Å². The molecule has 0 radical (unpaired) electrons. The number of nitrogens with zero attached hydrogens (tertiary/aromatic N) is 1. The summed E-state index contributed by atoms with van der Waals surface area (Å²) in [4.78, 5) is 3.04. The molecule has 0 amide bonds. The van der Waals surface area contributed by atoms with Crippen LogP contribution in [0.25, 0.3) is 0 Å². The summed E-state index contributed by atoms with van der Waals surface area (Å²) < 4.78 is 37.6. The highest BCUT2D eigenvalue weighted by atomic mass is 32.2. The summed E-state index contributed by atoms with van der Waals surface area (Å²) in [5.41, 5.74) is 0.